The highest BCUT2D eigenvalue weighted by Gasteiger charge is 2.41. The van der Waals surface area contributed by atoms with Crippen LogP contribution in [0.4, 0.5) is 0 Å². The molecule has 1 aliphatic rings. The average Bonchev–Trinajstić information content (AvgIpc) is 2.93. The Morgan fingerprint density at radius 1 is 1.50 bits per heavy atom. The van der Waals surface area contributed by atoms with E-state index in [2.05, 4.69) is 0 Å². The van der Waals surface area contributed by atoms with Crippen LogP contribution in [0.25, 0.3) is 0 Å². The van der Waals surface area contributed by atoms with Gasteiger partial charge in [-0.1, -0.05) is 6.07 Å². The van der Waals surface area contributed by atoms with Gasteiger partial charge in [-0.15, -0.1) is 11.3 Å². The van der Waals surface area contributed by atoms with E-state index in [-0.39, 0.29) is 12.5 Å². The molecule has 2 rings (SSSR count). The van der Waals surface area contributed by atoms with E-state index in [1.165, 1.54) is 15.6 Å². The van der Waals surface area contributed by atoms with Crippen LogP contribution < -0.4 is 0 Å². The van der Waals surface area contributed by atoms with Crippen molar-refractivity contribution < 1.29 is 18.3 Å². The highest BCUT2D eigenvalue weighted by Crippen LogP contribution is 2.36. The molecule has 0 aromatic carbocycles. The van der Waals surface area contributed by atoms with Crippen LogP contribution in [0.15, 0.2) is 21.7 Å². The summed E-state index contributed by atoms with van der Waals surface area (Å²) in [5, 5.41) is 11.0. The molecular weight excluding hydrogens is 298 g/mol. The number of thiophene rings is 1. The molecule has 2 heterocycles. The number of hydrogen-bond acceptors (Lipinski definition) is 4. The minimum absolute atomic E-state index is 0.163. The van der Waals surface area contributed by atoms with Crippen molar-refractivity contribution in [2.45, 2.75) is 30.9 Å². The molecule has 1 aromatic heterocycles. The van der Waals surface area contributed by atoms with E-state index >= 15 is 0 Å². The Morgan fingerprint density at radius 3 is 2.75 bits per heavy atom. The molecule has 1 aliphatic heterocycles. The summed E-state index contributed by atoms with van der Waals surface area (Å²) < 4.78 is 26.7. The van der Waals surface area contributed by atoms with E-state index in [1.54, 1.807) is 31.4 Å². The molecule has 0 amide bonds. The van der Waals surface area contributed by atoms with E-state index in [0.29, 0.717) is 17.2 Å². The monoisotopic (exact) mass is 317 g/mol. The molecule has 7 heteroatoms. The Balaban J connectivity index is 2.22. The molecule has 0 aliphatic carbocycles. The number of aliphatic carboxylic acids is 1. The number of sulfonamides is 1. The molecule has 1 saturated heterocycles. The number of carboxylic acid groups (broad SMARTS) is 1. The SMILES string of the molecule is CC(C)(C(=O)O)C1CCCN(S(=O)(=O)c2cccs2)C1. The Hall–Kier alpha value is -0.920. The second kappa shape index (κ2) is 5.46. The Morgan fingerprint density at radius 2 is 2.20 bits per heavy atom. The van der Waals surface area contributed by atoms with Crippen LogP contribution in [0.3, 0.4) is 0 Å². The molecule has 112 valence electrons. The van der Waals surface area contributed by atoms with Crippen molar-refractivity contribution in [3.63, 3.8) is 0 Å². The maximum atomic E-state index is 12.5. The van der Waals surface area contributed by atoms with E-state index in [4.69, 9.17) is 0 Å². The van der Waals surface area contributed by atoms with Crippen molar-refractivity contribution in [2.75, 3.05) is 13.1 Å². The second-order valence-electron chi connectivity index (χ2n) is 5.66. The van der Waals surface area contributed by atoms with E-state index in [1.807, 2.05) is 0 Å². The third-order valence-corrected chi connectivity index (χ3v) is 7.28. The molecule has 1 N–H and O–H groups in total. The molecule has 0 bridgehead atoms. The molecule has 0 saturated carbocycles. The standard InChI is InChI=1S/C13H19NO4S2/c1-13(2,12(15)16)10-5-3-7-14(9-10)20(17,18)11-6-4-8-19-11/h4,6,8,10H,3,5,7,9H2,1-2H3,(H,15,16). The third kappa shape index (κ3) is 2.75. The minimum atomic E-state index is -3.48. The van der Waals surface area contributed by atoms with E-state index in [9.17, 15) is 18.3 Å². The van der Waals surface area contributed by atoms with Gasteiger partial charge >= 0.3 is 5.97 Å². The maximum absolute atomic E-state index is 12.5. The molecule has 0 radical (unpaired) electrons. The first-order valence-electron chi connectivity index (χ1n) is 6.53. The molecule has 5 nitrogen and oxygen atoms in total. The lowest BCUT2D eigenvalue weighted by Crippen LogP contribution is -2.46. The minimum Gasteiger partial charge on any atom is -0.481 e. The van der Waals surface area contributed by atoms with Crippen molar-refractivity contribution in [1.82, 2.24) is 4.31 Å². The van der Waals surface area contributed by atoms with Gasteiger partial charge < -0.3 is 5.11 Å². The fourth-order valence-electron chi connectivity index (χ4n) is 2.46. The molecule has 1 atom stereocenters. The summed E-state index contributed by atoms with van der Waals surface area (Å²) in [5.41, 5.74) is -0.913. The smallest absolute Gasteiger partial charge is 0.309 e. The van der Waals surface area contributed by atoms with Crippen LogP contribution in [0.5, 0.6) is 0 Å². The second-order valence-corrected chi connectivity index (χ2v) is 8.77. The van der Waals surface area contributed by atoms with Crippen molar-refractivity contribution in [3.8, 4) is 0 Å². The molecular formula is C13H19NO4S2. The number of nitrogens with zero attached hydrogens (tertiary/aromatic N) is 1. The molecule has 20 heavy (non-hydrogen) atoms. The fourth-order valence-corrected chi connectivity index (χ4v) is 5.13. The fraction of sp³-hybridized carbons (Fsp3) is 0.615. The van der Waals surface area contributed by atoms with Crippen molar-refractivity contribution in [3.05, 3.63) is 17.5 Å². The van der Waals surface area contributed by atoms with Gasteiger partial charge in [0.25, 0.3) is 10.0 Å². The summed E-state index contributed by atoms with van der Waals surface area (Å²) in [6.07, 6.45) is 1.45. The zero-order chi connectivity index (χ0) is 15.0. The first-order valence-corrected chi connectivity index (χ1v) is 8.85. The highest BCUT2D eigenvalue weighted by atomic mass is 32.2. The summed E-state index contributed by atoms with van der Waals surface area (Å²) in [6, 6.07) is 3.30. The normalized spacial score (nSPS) is 21.8. The summed E-state index contributed by atoms with van der Waals surface area (Å²) in [6.45, 7) is 4.08. The molecule has 1 unspecified atom stereocenters. The van der Waals surface area contributed by atoms with Gasteiger partial charge in [-0.3, -0.25) is 4.79 Å². The lowest BCUT2D eigenvalue weighted by molar-refractivity contribution is -0.151. The Bertz CT molecular complexity index is 578. The van der Waals surface area contributed by atoms with Crippen LogP contribution in [-0.2, 0) is 14.8 Å². The zero-order valence-electron chi connectivity index (χ0n) is 11.6. The van der Waals surface area contributed by atoms with Crippen LogP contribution in [0.2, 0.25) is 0 Å². The van der Waals surface area contributed by atoms with Crippen molar-refractivity contribution in [2.24, 2.45) is 11.3 Å². The van der Waals surface area contributed by atoms with Crippen LogP contribution in [0, 0.1) is 11.3 Å². The van der Waals surface area contributed by atoms with Gasteiger partial charge in [0.15, 0.2) is 0 Å². The lowest BCUT2D eigenvalue weighted by atomic mass is 9.75. The number of rotatable bonds is 4. The van der Waals surface area contributed by atoms with Crippen molar-refractivity contribution >= 4 is 27.3 Å². The topological polar surface area (TPSA) is 74.7 Å². The summed E-state index contributed by atoms with van der Waals surface area (Å²) in [7, 11) is -3.48. The lowest BCUT2D eigenvalue weighted by Gasteiger charge is -2.38. The van der Waals surface area contributed by atoms with Gasteiger partial charge in [0.05, 0.1) is 5.41 Å². The summed E-state index contributed by atoms with van der Waals surface area (Å²) >= 11 is 1.19. The van der Waals surface area contributed by atoms with Gasteiger partial charge in [-0.25, -0.2) is 8.42 Å². The highest BCUT2D eigenvalue weighted by molar-refractivity contribution is 7.91. The number of carbonyl (C=O) groups is 1. The van der Waals surface area contributed by atoms with Crippen molar-refractivity contribution in [1.29, 1.82) is 0 Å². The third-order valence-electron chi connectivity index (χ3n) is 4.05. The zero-order valence-corrected chi connectivity index (χ0v) is 13.2. The molecule has 1 fully saturated rings. The molecule has 0 spiro atoms. The number of piperidine rings is 1. The van der Waals surface area contributed by atoms with Crippen LogP contribution in [-0.4, -0.2) is 36.9 Å². The van der Waals surface area contributed by atoms with Gasteiger partial charge in [-0.05, 0) is 44.1 Å². The van der Waals surface area contributed by atoms with Crippen LogP contribution >= 0.6 is 11.3 Å². The van der Waals surface area contributed by atoms with E-state index in [0.717, 1.165) is 6.42 Å². The van der Waals surface area contributed by atoms with Gasteiger partial charge in [0, 0.05) is 13.1 Å². The Labute approximate surface area is 123 Å². The average molecular weight is 317 g/mol. The maximum Gasteiger partial charge on any atom is 0.309 e. The number of carboxylic acids is 1. The van der Waals surface area contributed by atoms with Gasteiger partial charge in [0.2, 0.25) is 0 Å². The van der Waals surface area contributed by atoms with Gasteiger partial charge in [0.1, 0.15) is 4.21 Å². The Kier molecular flexibility index (Phi) is 4.22. The summed E-state index contributed by atoms with van der Waals surface area (Å²) in [5.74, 6) is -1.04. The first kappa shape index (κ1) is 15.5. The number of hydrogen-bond donors (Lipinski definition) is 1. The predicted octanol–water partition coefficient (Wildman–Crippen LogP) is 2.26. The predicted molar refractivity (Wildman–Crippen MR) is 77.2 cm³/mol. The largest absolute Gasteiger partial charge is 0.481 e. The summed E-state index contributed by atoms with van der Waals surface area (Å²) in [4.78, 5) is 11.3. The quantitative estimate of drug-likeness (QED) is 0.924. The van der Waals surface area contributed by atoms with Gasteiger partial charge in [-0.2, -0.15) is 4.31 Å². The first-order chi connectivity index (χ1) is 9.26. The van der Waals surface area contributed by atoms with E-state index < -0.39 is 21.4 Å². The molecule has 1 aromatic rings. The van der Waals surface area contributed by atoms with Crippen LogP contribution in [0.1, 0.15) is 26.7 Å².